The zero-order chi connectivity index (χ0) is 19.9. The maximum Gasteiger partial charge on any atom is 0.271 e. The van der Waals surface area contributed by atoms with Crippen molar-refractivity contribution in [1.29, 1.82) is 5.26 Å². The van der Waals surface area contributed by atoms with Gasteiger partial charge in [-0.15, -0.1) is 0 Å². The molecule has 0 saturated heterocycles. The molecule has 0 fully saturated rings. The van der Waals surface area contributed by atoms with Crippen LogP contribution in [0.15, 0.2) is 71.8 Å². The molecule has 0 bridgehead atoms. The fourth-order valence-corrected chi connectivity index (χ4v) is 2.79. The van der Waals surface area contributed by atoms with Crippen molar-refractivity contribution in [1.82, 2.24) is 5.43 Å². The first-order valence-corrected chi connectivity index (χ1v) is 8.68. The van der Waals surface area contributed by atoms with E-state index in [9.17, 15) is 9.59 Å². The number of anilines is 1. The van der Waals surface area contributed by atoms with E-state index in [1.165, 1.54) is 0 Å². The maximum absolute atomic E-state index is 12.5. The Kier molecular flexibility index (Phi) is 5.78. The van der Waals surface area contributed by atoms with Gasteiger partial charge in [-0.3, -0.25) is 9.59 Å². The number of nitrogens with one attached hydrogen (secondary N) is 2. The van der Waals surface area contributed by atoms with Crippen LogP contribution >= 0.6 is 0 Å². The average Bonchev–Trinajstić information content (AvgIpc) is 2.72. The van der Waals surface area contributed by atoms with Gasteiger partial charge in [-0.2, -0.15) is 10.4 Å². The van der Waals surface area contributed by atoms with Gasteiger partial charge in [0, 0.05) is 11.3 Å². The molecule has 0 saturated carbocycles. The lowest BCUT2D eigenvalue weighted by atomic mass is 10.0. The van der Waals surface area contributed by atoms with E-state index in [-0.39, 0.29) is 18.2 Å². The Labute approximate surface area is 162 Å². The summed E-state index contributed by atoms with van der Waals surface area (Å²) in [7, 11) is 0. The van der Waals surface area contributed by atoms with Crippen LogP contribution in [0.1, 0.15) is 29.3 Å². The number of para-hydroxylation sites is 1. The fraction of sp³-hybridized carbons (Fsp3) is 0.0909. The van der Waals surface area contributed by atoms with E-state index in [4.69, 9.17) is 5.26 Å². The van der Waals surface area contributed by atoms with Crippen LogP contribution in [-0.4, -0.2) is 17.5 Å². The molecule has 0 atom stereocenters. The molecule has 6 nitrogen and oxygen atoms in total. The molecule has 0 aliphatic rings. The number of hydrogen-bond acceptors (Lipinski definition) is 4. The highest BCUT2D eigenvalue weighted by Crippen LogP contribution is 2.18. The van der Waals surface area contributed by atoms with Crippen LogP contribution in [0.4, 0.5) is 5.69 Å². The zero-order valence-electron chi connectivity index (χ0n) is 15.3. The number of nitrogens with zero attached hydrogens (tertiary/aromatic N) is 2. The van der Waals surface area contributed by atoms with Crippen molar-refractivity contribution in [2.75, 3.05) is 5.32 Å². The summed E-state index contributed by atoms with van der Waals surface area (Å²) in [4.78, 5) is 24.6. The number of nitriles is 1. The number of hydrazone groups is 1. The van der Waals surface area contributed by atoms with E-state index in [0.29, 0.717) is 22.5 Å². The lowest BCUT2D eigenvalue weighted by Gasteiger charge is -2.08. The lowest BCUT2D eigenvalue weighted by Crippen LogP contribution is -2.21. The van der Waals surface area contributed by atoms with Gasteiger partial charge in [0.25, 0.3) is 5.91 Å². The molecule has 0 spiro atoms. The van der Waals surface area contributed by atoms with Gasteiger partial charge in [0.05, 0.1) is 17.7 Å². The summed E-state index contributed by atoms with van der Waals surface area (Å²) in [5.74, 6) is -0.658. The normalized spacial score (nSPS) is 10.9. The van der Waals surface area contributed by atoms with E-state index in [1.807, 2.05) is 42.5 Å². The van der Waals surface area contributed by atoms with E-state index in [1.54, 1.807) is 37.3 Å². The van der Waals surface area contributed by atoms with E-state index in [0.717, 1.165) is 10.8 Å². The minimum Gasteiger partial charge on any atom is -0.325 e. The van der Waals surface area contributed by atoms with Crippen LogP contribution in [0.25, 0.3) is 10.8 Å². The van der Waals surface area contributed by atoms with Gasteiger partial charge in [-0.25, -0.2) is 5.43 Å². The van der Waals surface area contributed by atoms with E-state index >= 15 is 0 Å². The number of hydrogen-bond donors (Lipinski definition) is 2. The Hall–Kier alpha value is -3.98. The van der Waals surface area contributed by atoms with Crippen LogP contribution in [0.3, 0.4) is 0 Å². The molecule has 0 aliphatic carbocycles. The van der Waals surface area contributed by atoms with Crippen LogP contribution in [0, 0.1) is 11.3 Å². The highest BCUT2D eigenvalue weighted by atomic mass is 16.2. The van der Waals surface area contributed by atoms with E-state index < -0.39 is 0 Å². The Morgan fingerprint density at radius 1 is 1.00 bits per heavy atom. The molecule has 0 aromatic heterocycles. The van der Waals surface area contributed by atoms with Crippen LogP contribution < -0.4 is 10.7 Å². The largest absolute Gasteiger partial charge is 0.325 e. The summed E-state index contributed by atoms with van der Waals surface area (Å²) in [6, 6.07) is 21.8. The van der Waals surface area contributed by atoms with Crippen molar-refractivity contribution < 1.29 is 9.59 Å². The van der Waals surface area contributed by atoms with Crippen LogP contribution in [-0.2, 0) is 4.79 Å². The molecule has 0 aliphatic heterocycles. The van der Waals surface area contributed by atoms with Crippen molar-refractivity contribution in [3.8, 4) is 6.07 Å². The lowest BCUT2D eigenvalue weighted by molar-refractivity contribution is -0.115. The third-order valence-corrected chi connectivity index (χ3v) is 4.12. The molecule has 3 aromatic carbocycles. The van der Waals surface area contributed by atoms with Crippen molar-refractivity contribution in [3.63, 3.8) is 0 Å². The average molecular weight is 370 g/mol. The number of fused-ring (bicyclic) bond motifs is 1. The number of carbonyl (C=O) groups is 2. The molecule has 0 unspecified atom stereocenters. The van der Waals surface area contributed by atoms with Gasteiger partial charge in [0.15, 0.2) is 0 Å². The Bertz CT molecular complexity index is 1110. The smallest absolute Gasteiger partial charge is 0.271 e. The second-order valence-corrected chi connectivity index (χ2v) is 6.20. The molecule has 3 rings (SSSR count). The number of benzene rings is 3. The summed E-state index contributed by atoms with van der Waals surface area (Å²) >= 11 is 0. The fourth-order valence-electron chi connectivity index (χ4n) is 2.79. The van der Waals surface area contributed by atoms with Gasteiger partial charge in [-0.05, 0) is 35.9 Å². The van der Waals surface area contributed by atoms with Gasteiger partial charge in [-0.1, -0.05) is 48.5 Å². The topological polar surface area (TPSA) is 94.3 Å². The molecular formula is C22H18N4O2. The minimum absolute atomic E-state index is 0.00438. The van der Waals surface area contributed by atoms with Gasteiger partial charge in [0.2, 0.25) is 5.91 Å². The molecule has 6 heteroatoms. The molecular weight excluding hydrogens is 352 g/mol. The Balaban J connectivity index is 1.64. The number of rotatable bonds is 5. The summed E-state index contributed by atoms with van der Waals surface area (Å²) < 4.78 is 0. The SMILES string of the molecule is C/C(CC(=O)Nc1ccccc1C#N)=N\NC(=O)c1cccc2ccccc12. The highest BCUT2D eigenvalue weighted by Gasteiger charge is 2.11. The third-order valence-electron chi connectivity index (χ3n) is 4.12. The quantitative estimate of drug-likeness (QED) is 0.528. The van der Waals surface area contributed by atoms with E-state index in [2.05, 4.69) is 15.8 Å². The molecule has 2 amide bonds. The zero-order valence-corrected chi connectivity index (χ0v) is 15.3. The summed E-state index contributed by atoms with van der Waals surface area (Å²) in [5.41, 5.74) is 4.29. The Morgan fingerprint density at radius 3 is 2.54 bits per heavy atom. The second kappa shape index (κ2) is 8.60. The first kappa shape index (κ1) is 18.8. The van der Waals surface area contributed by atoms with Crippen molar-refractivity contribution >= 4 is 34.0 Å². The van der Waals surface area contributed by atoms with Crippen molar-refractivity contribution in [2.45, 2.75) is 13.3 Å². The molecule has 28 heavy (non-hydrogen) atoms. The first-order chi connectivity index (χ1) is 13.6. The van der Waals surface area contributed by atoms with Crippen LogP contribution in [0.2, 0.25) is 0 Å². The predicted molar refractivity (Wildman–Crippen MR) is 109 cm³/mol. The molecule has 0 heterocycles. The van der Waals surface area contributed by atoms with Gasteiger partial charge < -0.3 is 5.32 Å². The standard InChI is InChI=1S/C22H18N4O2/c1-15(13-21(27)24-20-12-5-3-8-17(20)14-23)25-26-22(28)19-11-6-9-16-7-2-4-10-18(16)19/h2-12H,13H2,1H3,(H,24,27)(H,26,28)/b25-15+. The van der Waals surface area contributed by atoms with Crippen molar-refractivity contribution in [3.05, 3.63) is 77.9 Å². The van der Waals surface area contributed by atoms with Crippen LogP contribution in [0.5, 0.6) is 0 Å². The minimum atomic E-state index is -0.341. The Morgan fingerprint density at radius 2 is 1.71 bits per heavy atom. The highest BCUT2D eigenvalue weighted by molar-refractivity contribution is 6.09. The molecule has 138 valence electrons. The monoisotopic (exact) mass is 370 g/mol. The number of carbonyl (C=O) groups excluding carboxylic acids is 2. The first-order valence-electron chi connectivity index (χ1n) is 8.68. The van der Waals surface area contributed by atoms with Crippen molar-refractivity contribution in [2.24, 2.45) is 5.10 Å². The summed E-state index contributed by atoms with van der Waals surface area (Å²) in [5, 5.41) is 17.6. The second-order valence-electron chi connectivity index (χ2n) is 6.20. The summed E-state index contributed by atoms with van der Waals surface area (Å²) in [6.07, 6.45) is -0.00438. The van der Waals surface area contributed by atoms with Gasteiger partial charge in [0.1, 0.15) is 6.07 Å². The molecule has 2 N–H and O–H groups in total. The van der Waals surface area contributed by atoms with Gasteiger partial charge >= 0.3 is 0 Å². The molecule has 0 radical (unpaired) electrons. The molecule has 3 aromatic rings. The third kappa shape index (κ3) is 4.40. The summed E-state index contributed by atoms with van der Waals surface area (Å²) in [6.45, 7) is 1.65. The maximum atomic E-state index is 12.5. The predicted octanol–water partition coefficient (Wildman–Crippen LogP) is 3.85. The number of amides is 2.